The summed E-state index contributed by atoms with van der Waals surface area (Å²) in [4.78, 5) is 17.3. The number of carbonyl (C=O) groups excluding carboxylic acids is 1. The molecule has 0 spiro atoms. The van der Waals surface area contributed by atoms with E-state index >= 15 is 0 Å². The van der Waals surface area contributed by atoms with Crippen LogP contribution in [0.5, 0.6) is 0 Å². The number of carbonyl (C=O) groups is 1. The molecule has 2 heterocycles. The summed E-state index contributed by atoms with van der Waals surface area (Å²) in [5.74, 6) is -0.144. The number of rotatable bonds is 4. The van der Waals surface area contributed by atoms with Crippen molar-refractivity contribution < 1.29 is 18.0 Å². The number of amides is 1. The Bertz CT molecular complexity index is 493. The molecule has 7 heteroatoms. The molecule has 1 amide bonds. The zero-order valence-electron chi connectivity index (χ0n) is 12.4. The van der Waals surface area contributed by atoms with E-state index in [1.807, 2.05) is 12.1 Å². The first-order valence-electron chi connectivity index (χ1n) is 7.32. The number of aryl methyl sites for hydroxylation is 1. The molecule has 1 saturated heterocycles. The lowest BCUT2D eigenvalue weighted by Crippen LogP contribution is -2.54. The van der Waals surface area contributed by atoms with Gasteiger partial charge in [0.05, 0.1) is 0 Å². The number of pyridine rings is 1. The van der Waals surface area contributed by atoms with E-state index in [4.69, 9.17) is 0 Å². The van der Waals surface area contributed by atoms with Crippen LogP contribution in [0, 0.1) is 0 Å². The summed E-state index contributed by atoms with van der Waals surface area (Å²) in [5.41, 5.74) is 0.829. The third-order valence-corrected chi connectivity index (χ3v) is 3.91. The summed E-state index contributed by atoms with van der Waals surface area (Å²) in [6, 6.07) is 3.87. The molecule has 0 saturated carbocycles. The largest absolute Gasteiger partial charge is 0.404 e. The van der Waals surface area contributed by atoms with Crippen molar-refractivity contribution in [3.05, 3.63) is 30.1 Å². The maximum Gasteiger partial charge on any atom is 0.404 e. The summed E-state index contributed by atoms with van der Waals surface area (Å²) >= 11 is 0. The fourth-order valence-electron chi connectivity index (χ4n) is 2.76. The molecule has 1 N–H and O–H groups in total. The van der Waals surface area contributed by atoms with Crippen molar-refractivity contribution in [1.82, 2.24) is 15.2 Å². The van der Waals surface area contributed by atoms with Crippen LogP contribution in [0.2, 0.25) is 0 Å². The number of likely N-dealkylation sites (N-methyl/N-ethyl adjacent to an activating group) is 1. The molecule has 0 aromatic carbocycles. The molecule has 2 rings (SSSR count). The van der Waals surface area contributed by atoms with Gasteiger partial charge < -0.3 is 5.32 Å². The van der Waals surface area contributed by atoms with Gasteiger partial charge in [-0.3, -0.25) is 14.7 Å². The summed E-state index contributed by atoms with van der Waals surface area (Å²) in [6.07, 6.45) is -1.35. The van der Waals surface area contributed by atoms with Crippen LogP contribution >= 0.6 is 0 Å². The van der Waals surface area contributed by atoms with E-state index < -0.39 is 12.2 Å². The zero-order valence-corrected chi connectivity index (χ0v) is 12.4. The monoisotopic (exact) mass is 315 g/mol. The molecule has 0 radical (unpaired) electrons. The molecular weight excluding hydrogens is 295 g/mol. The Balaban J connectivity index is 1.76. The van der Waals surface area contributed by atoms with Gasteiger partial charge in [0.2, 0.25) is 5.91 Å². The van der Waals surface area contributed by atoms with Crippen LogP contribution in [-0.4, -0.2) is 47.6 Å². The maximum atomic E-state index is 12.8. The molecule has 0 bridgehead atoms. The second kappa shape index (κ2) is 7.09. The molecule has 1 aliphatic heterocycles. The van der Waals surface area contributed by atoms with Crippen molar-refractivity contribution in [3.63, 3.8) is 0 Å². The highest BCUT2D eigenvalue weighted by atomic mass is 19.4. The molecule has 122 valence electrons. The molecular formula is C15H20F3N3O. The van der Waals surface area contributed by atoms with E-state index in [9.17, 15) is 18.0 Å². The minimum absolute atomic E-state index is 0.0190. The fourth-order valence-corrected chi connectivity index (χ4v) is 2.76. The van der Waals surface area contributed by atoms with Gasteiger partial charge in [-0.15, -0.1) is 0 Å². The van der Waals surface area contributed by atoms with Gasteiger partial charge in [-0.25, -0.2) is 0 Å². The zero-order chi connectivity index (χ0) is 16.2. The first kappa shape index (κ1) is 16.7. The Labute approximate surface area is 127 Å². The Kier molecular flexibility index (Phi) is 5.39. The van der Waals surface area contributed by atoms with E-state index in [0.717, 1.165) is 5.69 Å². The van der Waals surface area contributed by atoms with Crippen molar-refractivity contribution in [3.8, 4) is 0 Å². The number of halogens is 3. The van der Waals surface area contributed by atoms with Crippen LogP contribution in [0.1, 0.15) is 25.0 Å². The highest BCUT2D eigenvalue weighted by Gasteiger charge is 2.44. The lowest BCUT2D eigenvalue weighted by molar-refractivity contribution is -0.188. The highest BCUT2D eigenvalue weighted by Crippen LogP contribution is 2.30. The van der Waals surface area contributed by atoms with Crippen molar-refractivity contribution in [2.75, 3.05) is 13.6 Å². The Morgan fingerprint density at radius 3 is 2.77 bits per heavy atom. The molecule has 0 aliphatic carbocycles. The average molecular weight is 315 g/mol. The molecule has 2 atom stereocenters. The first-order chi connectivity index (χ1) is 10.4. The lowest BCUT2D eigenvalue weighted by atomic mass is 9.98. The fraction of sp³-hybridized carbons (Fsp3) is 0.600. The summed E-state index contributed by atoms with van der Waals surface area (Å²) < 4.78 is 38.3. The number of piperidine rings is 1. The molecule has 4 nitrogen and oxygen atoms in total. The first-order valence-corrected chi connectivity index (χ1v) is 7.32. The molecule has 1 aromatic heterocycles. The van der Waals surface area contributed by atoms with Gasteiger partial charge in [0.15, 0.2) is 0 Å². The van der Waals surface area contributed by atoms with E-state index in [-0.39, 0.29) is 24.9 Å². The van der Waals surface area contributed by atoms with E-state index in [0.29, 0.717) is 19.3 Å². The summed E-state index contributed by atoms with van der Waals surface area (Å²) in [5, 5.41) is 2.82. The Morgan fingerprint density at radius 1 is 1.41 bits per heavy atom. The smallest absolute Gasteiger partial charge is 0.352 e. The van der Waals surface area contributed by atoms with Gasteiger partial charge in [-0.2, -0.15) is 13.2 Å². The number of nitrogens with one attached hydrogen (secondary N) is 1. The summed E-state index contributed by atoms with van der Waals surface area (Å²) in [6.45, 7) is 0.222. The topological polar surface area (TPSA) is 45.2 Å². The van der Waals surface area contributed by atoms with Crippen LogP contribution in [0.4, 0.5) is 13.2 Å². The van der Waals surface area contributed by atoms with Gasteiger partial charge in [0.25, 0.3) is 0 Å². The van der Waals surface area contributed by atoms with E-state index in [1.165, 1.54) is 11.9 Å². The van der Waals surface area contributed by atoms with Crippen molar-refractivity contribution in [2.45, 2.75) is 43.9 Å². The minimum Gasteiger partial charge on any atom is -0.352 e. The summed E-state index contributed by atoms with van der Waals surface area (Å²) in [7, 11) is 1.45. The van der Waals surface area contributed by atoms with Crippen molar-refractivity contribution in [1.29, 1.82) is 0 Å². The molecule has 1 aromatic rings. The Morgan fingerprint density at radius 2 is 2.18 bits per heavy atom. The minimum atomic E-state index is -4.21. The van der Waals surface area contributed by atoms with Gasteiger partial charge in [0.1, 0.15) is 6.04 Å². The average Bonchev–Trinajstić information content (AvgIpc) is 2.45. The molecule has 0 unspecified atom stereocenters. The van der Waals surface area contributed by atoms with Crippen LogP contribution in [0.3, 0.4) is 0 Å². The molecule has 1 aliphatic rings. The van der Waals surface area contributed by atoms with Crippen molar-refractivity contribution in [2.24, 2.45) is 0 Å². The number of hydrogen-bond acceptors (Lipinski definition) is 3. The SMILES string of the molecule is CN1C[C@H](NC(=O)CCc2ccccn2)CC[C@@H]1C(F)(F)F. The molecule has 22 heavy (non-hydrogen) atoms. The van der Waals surface area contributed by atoms with Gasteiger partial charge in [-0.1, -0.05) is 6.07 Å². The molecule has 1 fully saturated rings. The van der Waals surface area contributed by atoms with Crippen LogP contribution in [-0.2, 0) is 11.2 Å². The van der Waals surface area contributed by atoms with Crippen LogP contribution < -0.4 is 5.32 Å². The van der Waals surface area contributed by atoms with Crippen LogP contribution in [0.15, 0.2) is 24.4 Å². The van der Waals surface area contributed by atoms with E-state index in [1.54, 1.807) is 12.3 Å². The van der Waals surface area contributed by atoms with E-state index in [2.05, 4.69) is 10.3 Å². The number of aromatic nitrogens is 1. The second-order valence-corrected chi connectivity index (χ2v) is 5.66. The van der Waals surface area contributed by atoms with Crippen molar-refractivity contribution >= 4 is 5.91 Å². The quantitative estimate of drug-likeness (QED) is 0.926. The third-order valence-electron chi connectivity index (χ3n) is 3.91. The number of nitrogens with zero attached hydrogens (tertiary/aromatic N) is 2. The lowest BCUT2D eigenvalue weighted by Gasteiger charge is -2.38. The van der Waals surface area contributed by atoms with Gasteiger partial charge >= 0.3 is 6.18 Å². The second-order valence-electron chi connectivity index (χ2n) is 5.66. The Hall–Kier alpha value is -1.63. The standard InChI is InChI=1S/C15H20F3N3O/c1-21-10-12(5-7-13(21)15(16,17)18)20-14(22)8-6-11-4-2-3-9-19-11/h2-4,9,12-13H,5-8,10H2,1H3,(H,20,22)/t12-,13-/m1/s1. The maximum absolute atomic E-state index is 12.8. The van der Waals surface area contributed by atoms with Gasteiger partial charge in [-0.05, 0) is 38.4 Å². The predicted octanol–water partition coefficient (Wildman–Crippen LogP) is 2.16. The number of hydrogen-bond donors (Lipinski definition) is 1. The normalized spacial score (nSPS) is 23.3. The van der Waals surface area contributed by atoms with Gasteiger partial charge in [0, 0.05) is 30.9 Å². The third kappa shape index (κ3) is 4.69. The number of likely N-dealkylation sites (tertiary alicyclic amines) is 1. The predicted molar refractivity (Wildman–Crippen MR) is 76.2 cm³/mol. The van der Waals surface area contributed by atoms with Crippen LogP contribution in [0.25, 0.3) is 0 Å². The highest BCUT2D eigenvalue weighted by molar-refractivity contribution is 5.76. The number of alkyl halides is 3.